The molecule has 2 fully saturated rings. The van der Waals surface area contributed by atoms with E-state index in [0.29, 0.717) is 4.90 Å². The number of hydrogen-bond acceptors (Lipinski definition) is 4. The molecule has 1 saturated heterocycles. The van der Waals surface area contributed by atoms with Gasteiger partial charge in [-0.1, -0.05) is 0 Å². The molecule has 1 aromatic carbocycles. The second-order valence-corrected chi connectivity index (χ2v) is 9.20. The summed E-state index contributed by atoms with van der Waals surface area (Å²) in [7, 11) is -0.914. The van der Waals surface area contributed by atoms with Gasteiger partial charge in [-0.05, 0) is 87.8 Å². The summed E-state index contributed by atoms with van der Waals surface area (Å²) in [6, 6.07) is 6.72. The lowest BCUT2D eigenvalue weighted by Gasteiger charge is -2.29. The minimum Gasteiger partial charge on any atom is -0.494 e. The Morgan fingerprint density at radius 2 is 1.83 bits per heavy atom. The average Bonchev–Trinajstić information content (AvgIpc) is 3.27. The highest BCUT2D eigenvalue weighted by atomic mass is 32.2. The van der Waals surface area contributed by atoms with E-state index in [1.165, 1.54) is 38.6 Å². The number of hydrogen-bond donors (Lipinski definition) is 0. The van der Waals surface area contributed by atoms with Crippen molar-refractivity contribution in [2.75, 3.05) is 33.0 Å². The summed E-state index contributed by atoms with van der Waals surface area (Å²) in [6.07, 6.45) is 6.41. The van der Waals surface area contributed by atoms with Crippen LogP contribution in [0.4, 0.5) is 0 Å². The molecule has 1 aromatic rings. The Bertz CT molecular complexity index is 618. The third-order valence-electron chi connectivity index (χ3n) is 5.36. The van der Waals surface area contributed by atoms with Gasteiger partial charge in [-0.3, -0.25) is 0 Å². The molecule has 0 spiro atoms. The molecule has 2 aliphatic rings. The standard InChI is InChI=1S/C18H27NO3S/c1-19-10-7-14(8-11-19)18-13-15(18)9-12-22-16-3-5-17(6-4-16)23(2,20)21/h3-6,14-15,18H,7-13H2,1-2H3. The van der Waals surface area contributed by atoms with Crippen LogP contribution in [-0.4, -0.2) is 46.3 Å². The number of benzene rings is 1. The van der Waals surface area contributed by atoms with Crippen LogP contribution in [0.5, 0.6) is 5.75 Å². The van der Waals surface area contributed by atoms with Gasteiger partial charge in [-0.15, -0.1) is 0 Å². The van der Waals surface area contributed by atoms with E-state index in [1.807, 2.05) is 0 Å². The van der Waals surface area contributed by atoms with Crippen molar-refractivity contribution < 1.29 is 13.2 Å². The Labute approximate surface area is 139 Å². The second-order valence-electron chi connectivity index (χ2n) is 7.18. The maximum absolute atomic E-state index is 11.4. The lowest BCUT2D eigenvalue weighted by atomic mass is 9.91. The molecule has 128 valence electrons. The first-order valence-corrected chi connectivity index (χ1v) is 10.4. The molecular formula is C18H27NO3S. The number of sulfone groups is 1. The van der Waals surface area contributed by atoms with Gasteiger partial charge in [0.2, 0.25) is 0 Å². The molecule has 2 atom stereocenters. The fraction of sp³-hybridized carbons (Fsp3) is 0.667. The van der Waals surface area contributed by atoms with E-state index in [2.05, 4.69) is 11.9 Å². The van der Waals surface area contributed by atoms with Gasteiger partial charge in [-0.25, -0.2) is 8.42 Å². The summed E-state index contributed by atoms with van der Waals surface area (Å²) < 4.78 is 28.6. The molecule has 5 heteroatoms. The third kappa shape index (κ3) is 4.48. The number of piperidine rings is 1. The smallest absolute Gasteiger partial charge is 0.175 e. The molecule has 23 heavy (non-hydrogen) atoms. The normalized spacial score (nSPS) is 26.2. The second kappa shape index (κ2) is 6.81. The third-order valence-corrected chi connectivity index (χ3v) is 6.48. The molecular weight excluding hydrogens is 310 g/mol. The minimum absolute atomic E-state index is 0.342. The predicted octanol–water partition coefficient (Wildman–Crippen LogP) is 2.84. The molecule has 0 bridgehead atoms. The molecule has 1 aliphatic heterocycles. The predicted molar refractivity (Wildman–Crippen MR) is 91.5 cm³/mol. The number of likely N-dealkylation sites (tertiary alicyclic amines) is 1. The summed E-state index contributed by atoms with van der Waals surface area (Å²) in [4.78, 5) is 2.77. The topological polar surface area (TPSA) is 46.6 Å². The first-order valence-electron chi connectivity index (χ1n) is 8.55. The van der Waals surface area contributed by atoms with Gasteiger partial charge in [0.15, 0.2) is 9.84 Å². The van der Waals surface area contributed by atoms with Crippen LogP contribution in [0.25, 0.3) is 0 Å². The largest absolute Gasteiger partial charge is 0.494 e. The van der Waals surface area contributed by atoms with E-state index in [1.54, 1.807) is 24.3 Å². The molecule has 2 unspecified atom stereocenters. The highest BCUT2D eigenvalue weighted by Gasteiger charge is 2.42. The van der Waals surface area contributed by atoms with E-state index in [-0.39, 0.29) is 0 Å². The molecule has 0 N–H and O–H groups in total. The highest BCUT2D eigenvalue weighted by molar-refractivity contribution is 7.90. The van der Waals surface area contributed by atoms with Crippen LogP contribution in [0.15, 0.2) is 29.2 Å². The molecule has 0 amide bonds. The number of ether oxygens (including phenoxy) is 1. The highest BCUT2D eigenvalue weighted by Crippen LogP contribution is 2.49. The Balaban J connectivity index is 1.39. The van der Waals surface area contributed by atoms with E-state index >= 15 is 0 Å². The van der Waals surface area contributed by atoms with Crippen molar-refractivity contribution in [2.24, 2.45) is 17.8 Å². The van der Waals surface area contributed by atoms with Crippen molar-refractivity contribution in [1.29, 1.82) is 0 Å². The fourth-order valence-electron chi connectivity index (χ4n) is 3.75. The van der Waals surface area contributed by atoms with Crippen molar-refractivity contribution >= 4 is 9.84 Å². The molecule has 1 heterocycles. The van der Waals surface area contributed by atoms with Crippen LogP contribution < -0.4 is 4.74 Å². The van der Waals surface area contributed by atoms with Crippen molar-refractivity contribution in [1.82, 2.24) is 4.90 Å². The number of rotatable bonds is 6. The van der Waals surface area contributed by atoms with Crippen LogP contribution in [0, 0.1) is 17.8 Å². The molecule has 1 saturated carbocycles. The Hall–Kier alpha value is -1.07. The van der Waals surface area contributed by atoms with Gasteiger partial charge in [0, 0.05) is 6.26 Å². The van der Waals surface area contributed by atoms with Crippen molar-refractivity contribution in [3.63, 3.8) is 0 Å². The lowest BCUT2D eigenvalue weighted by Crippen LogP contribution is -2.31. The lowest BCUT2D eigenvalue weighted by molar-refractivity contribution is 0.196. The Morgan fingerprint density at radius 1 is 1.17 bits per heavy atom. The number of nitrogens with zero attached hydrogens (tertiary/aromatic N) is 1. The summed E-state index contributed by atoms with van der Waals surface area (Å²) in [6.45, 7) is 3.22. The van der Waals surface area contributed by atoms with Crippen molar-refractivity contribution in [3.05, 3.63) is 24.3 Å². The van der Waals surface area contributed by atoms with Crippen LogP contribution in [0.1, 0.15) is 25.7 Å². The fourth-order valence-corrected chi connectivity index (χ4v) is 4.38. The van der Waals surface area contributed by atoms with Crippen LogP contribution in [0.3, 0.4) is 0 Å². The summed E-state index contributed by atoms with van der Waals surface area (Å²) in [5.74, 6) is 3.43. The first kappa shape index (κ1) is 16.8. The van der Waals surface area contributed by atoms with Crippen LogP contribution >= 0.6 is 0 Å². The van der Waals surface area contributed by atoms with E-state index in [9.17, 15) is 8.42 Å². The Kier molecular flexibility index (Phi) is 4.97. The van der Waals surface area contributed by atoms with E-state index in [4.69, 9.17) is 4.74 Å². The van der Waals surface area contributed by atoms with Crippen LogP contribution in [0.2, 0.25) is 0 Å². The average molecular weight is 337 g/mol. The van der Waals surface area contributed by atoms with Gasteiger partial charge >= 0.3 is 0 Å². The molecule has 3 rings (SSSR count). The zero-order chi connectivity index (χ0) is 16.4. The Morgan fingerprint density at radius 3 is 2.43 bits per heavy atom. The zero-order valence-electron chi connectivity index (χ0n) is 14.1. The summed E-state index contributed by atoms with van der Waals surface area (Å²) in [5.41, 5.74) is 0. The van der Waals surface area contributed by atoms with Gasteiger partial charge in [0.25, 0.3) is 0 Å². The van der Waals surface area contributed by atoms with E-state index in [0.717, 1.165) is 36.5 Å². The van der Waals surface area contributed by atoms with Crippen molar-refractivity contribution in [3.8, 4) is 5.75 Å². The molecule has 0 aromatic heterocycles. The van der Waals surface area contributed by atoms with Gasteiger partial charge in [-0.2, -0.15) is 0 Å². The maximum atomic E-state index is 11.4. The zero-order valence-corrected chi connectivity index (χ0v) is 14.9. The molecule has 4 nitrogen and oxygen atoms in total. The van der Waals surface area contributed by atoms with Gasteiger partial charge in [0.05, 0.1) is 11.5 Å². The SMILES string of the molecule is CN1CCC(C2CC2CCOc2ccc(S(C)(=O)=O)cc2)CC1. The van der Waals surface area contributed by atoms with Crippen molar-refractivity contribution in [2.45, 2.75) is 30.6 Å². The summed E-state index contributed by atoms with van der Waals surface area (Å²) >= 11 is 0. The van der Waals surface area contributed by atoms with Gasteiger partial charge in [0.1, 0.15) is 5.75 Å². The van der Waals surface area contributed by atoms with Gasteiger partial charge < -0.3 is 9.64 Å². The minimum atomic E-state index is -3.13. The summed E-state index contributed by atoms with van der Waals surface area (Å²) in [5, 5.41) is 0. The molecule has 0 radical (unpaired) electrons. The monoisotopic (exact) mass is 337 g/mol. The maximum Gasteiger partial charge on any atom is 0.175 e. The first-order chi connectivity index (χ1) is 10.9. The van der Waals surface area contributed by atoms with E-state index < -0.39 is 9.84 Å². The quantitative estimate of drug-likeness (QED) is 0.801. The molecule has 1 aliphatic carbocycles. The van der Waals surface area contributed by atoms with Crippen LogP contribution in [-0.2, 0) is 9.84 Å².